The normalized spacial score (nSPS) is 11.7. The van der Waals surface area contributed by atoms with Crippen molar-refractivity contribution in [3.05, 3.63) is 53.9 Å². The molecule has 0 saturated carbocycles. The van der Waals surface area contributed by atoms with Crippen molar-refractivity contribution in [3.63, 3.8) is 0 Å². The zero-order valence-electron chi connectivity index (χ0n) is 10.6. The Morgan fingerprint density at radius 3 is 2.84 bits per heavy atom. The molecule has 0 N–H and O–H groups in total. The zero-order chi connectivity index (χ0) is 13.5. The van der Waals surface area contributed by atoms with Crippen LogP contribution in [0.25, 0.3) is 11.6 Å². The molecule has 0 aliphatic carbocycles. The molecule has 0 aliphatic heterocycles. The molecular formula is C14H13N5. The standard InChI is InChI=1S/C14H13N5/c1-2-3-9-19-17-14(16-18-19)13(11-15)10-12-7-5-4-6-8-12/h2-8,10H,9H2,1H3/b3-2+,13-10+. The van der Waals surface area contributed by atoms with Crippen LogP contribution in [0.1, 0.15) is 18.3 Å². The Balaban J connectivity index is 2.25. The minimum atomic E-state index is 0.343. The van der Waals surface area contributed by atoms with Crippen LogP contribution in [-0.2, 0) is 6.54 Å². The van der Waals surface area contributed by atoms with Gasteiger partial charge in [-0.2, -0.15) is 10.1 Å². The van der Waals surface area contributed by atoms with Gasteiger partial charge in [0.1, 0.15) is 11.6 Å². The summed E-state index contributed by atoms with van der Waals surface area (Å²) in [5.41, 5.74) is 1.33. The van der Waals surface area contributed by atoms with Gasteiger partial charge in [0, 0.05) is 0 Å². The summed E-state index contributed by atoms with van der Waals surface area (Å²) in [5, 5.41) is 21.1. The van der Waals surface area contributed by atoms with Gasteiger partial charge in [-0.05, 0) is 23.8 Å². The first-order valence-corrected chi connectivity index (χ1v) is 5.89. The van der Waals surface area contributed by atoms with Crippen LogP contribution >= 0.6 is 0 Å². The number of aromatic nitrogens is 4. The van der Waals surface area contributed by atoms with E-state index in [1.54, 1.807) is 6.08 Å². The average molecular weight is 251 g/mol. The van der Waals surface area contributed by atoms with E-state index in [0.717, 1.165) is 5.56 Å². The minimum Gasteiger partial charge on any atom is -0.192 e. The Bertz CT molecular complexity index is 631. The lowest BCUT2D eigenvalue weighted by atomic mass is 10.1. The van der Waals surface area contributed by atoms with Crippen LogP contribution in [0.5, 0.6) is 0 Å². The van der Waals surface area contributed by atoms with Crippen molar-refractivity contribution in [1.29, 1.82) is 5.26 Å². The van der Waals surface area contributed by atoms with Crippen LogP contribution in [0.15, 0.2) is 42.5 Å². The first-order valence-electron chi connectivity index (χ1n) is 5.89. The van der Waals surface area contributed by atoms with Crippen molar-refractivity contribution in [2.75, 3.05) is 0 Å². The minimum absolute atomic E-state index is 0.343. The summed E-state index contributed by atoms with van der Waals surface area (Å²) >= 11 is 0. The highest BCUT2D eigenvalue weighted by molar-refractivity contribution is 5.86. The molecule has 19 heavy (non-hydrogen) atoms. The average Bonchev–Trinajstić information content (AvgIpc) is 2.92. The van der Waals surface area contributed by atoms with Crippen molar-refractivity contribution in [2.45, 2.75) is 13.5 Å². The Morgan fingerprint density at radius 2 is 2.16 bits per heavy atom. The number of benzene rings is 1. The highest BCUT2D eigenvalue weighted by atomic mass is 15.6. The van der Waals surface area contributed by atoms with Gasteiger partial charge in [-0.3, -0.25) is 0 Å². The molecule has 5 heteroatoms. The lowest BCUT2D eigenvalue weighted by Gasteiger charge is -1.93. The van der Waals surface area contributed by atoms with Gasteiger partial charge in [-0.15, -0.1) is 10.2 Å². The highest BCUT2D eigenvalue weighted by Crippen LogP contribution is 2.12. The van der Waals surface area contributed by atoms with E-state index in [1.165, 1.54) is 4.80 Å². The molecule has 0 atom stereocenters. The highest BCUT2D eigenvalue weighted by Gasteiger charge is 2.08. The van der Waals surface area contributed by atoms with E-state index >= 15 is 0 Å². The Labute approximate surface area is 111 Å². The summed E-state index contributed by atoms with van der Waals surface area (Å²) in [5.74, 6) is 0.343. The number of nitrogens with zero attached hydrogens (tertiary/aromatic N) is 5. The maximum Gasteiger partial charge on any atom is 0.215 e. The maximum atomic E-state index is 9.18. The van der Waals surface area contributed by atoms with Gasteiger partial charge in [-0.25, -0.2) is 0 Å². The zero-order valence-corrected chi connectivity index (χ0v) is 10.6. The van der Waals surface area contributed by atoms with Gasteiger partial charge in [0.2, 0.25) is 5.82 Å². The van der Waals surface area contributed by atoms with Gasteiger partial charge in [-0.1, -0.05) is 42.5 Å². The lowest BCUT2D eigenvalue weighted by molar-refractivity contribution is 0.581. The van der Waals surface area contributed by atoms with Crippen molar-refractivity contribution in [2.24, 2.45) is 0 Å². The molecule has 0 spiro atoms. The summed E-state index contributed by atoms with van der Waals surface area (Å²) in [6.45, 7) is 2.47. The van der Waals surface area contributed by atoms with Crippen molar-refractivity contribution < 1.29 is 0 Å². The molecule has 0 saturated heterocycles. The Morgan fingerprint density at radius 1 is 1.37 bits per heavy atom. The van der Waals surface area contributed by atoms with Gasteiger partial charge in [0.25, 0.3) is 0 Å². The van der Waals surface area contributed by atoms with Crippen LogP contribution in [0.2, 0.25) is 0 Å². The molecule has 2 aromatic rings. The molecule has 1 aromatic heterocycles. The second kappa shape index (κ2) is 6.26. The predicted molar refractivity (Wildman–Crippen MR) is 72.6 cm³/mol. The predicted octanol–water partition coefficient (Wildman–Crippen LogP) is 2.31. The number of hydrogen-bond acceptors (Lipinski definition) is 4. The molecule has 0 bridgehead atoms. The number of hydrogen-bond donors (Lipinski definition) is 0. The molecule has 0 fully saturated rings. The SMILES string of the molecule is C/C=C/Cn1nnc(/C(C#N)=C/c2ccccc2)n1. The third-order valence-corrected chi connectivity index (χ3v) is 2.43. The Hall–Kier alpha value is -2.74. The van der Waals surface area contributed by atoms with Crippen molar-refractivity contribution >= 4 is 11.6 Å². The van der Waals surface area contributed by atoms with Gasteiger partial charge in [0.05, 0.1) is 6.54 Å². The molecule has 0 radical (unpaired) electrons. The van der Waals surface area contributed by atoms with Crippen LogP contribution < -0.4 is 0 Å². The quantitative estimate of drug-likeness (QED) is 0.617. The smallest absolute Gasteiger partial charge is 0.192 e. The fourth-order valence-electron chi connectivity index (χ4n) is 1.49. The first kappa shape index (κ1) is 12.7. The third kappa shape index (κ3) is 3.36. The van der Waals surface area contributed by atoms with Crippen molar-refractivity contribution in [1.82, 2.24) is 20.2 Å². The number of nitriles is 1. The molecule has 94 valence electrons. The fourth-order valence-corrected chi connectivity index (χ4v) is 1.49. The second-order valence-corrected chi connectivity index (χ2v) is 3.82. The summed E-state index contributed by atoms with van der Waals surface area (Å²) < 4.78 is 0. The van der Waals surface area contributed by atoms with Crippen LogP contribution in [0.3, 0.4) is 0 Å². The summed E-state index contributed by atoms with van der Waals surface area (Å²) in [6, 6.07) is 11.7. The van der Waals surface area contributed by atoms with Crippen LogP contribution in [-0.4, -0.2) is 20.2 Å². The van der Waals surface area contributed by atoms with Crippen LogP contribution in [0.4, 0.5) is 0 Å². The van der Waals surface area contributed by atoms with Gasteiger partial charge >= 0.3 is 0 Å². The first-order chi connectivity index (χ1) is 9.33. The number of rotatable bonds is 4. The maximum absolute atomic E-state index is 9.18. The third-order valence-electron chi connectivity index (χ3n) is 2.43. The van der Waals surface area contributed by atoms with E-state index in [9.17, 15) is 5.26 Å². The number of allylic oxidation sites excluding steroid dienone is 3. The van der Waals surface area contributed by atoms with Crippen LogP contribution in [0, 0.1) is 11.3 Å². The van der Waals surface area contributed by atoms with Gasteiger partial charge in [0.15, 0.2) is 0 Å². The molecule has 5 nitrogen and oxygen atoms in total. The Kier molecular flexibility index (Phi) is 4.19. The van der Waals surface area contributed by atoms with E-state index in [2.05, 4.69) is 21.5 Å². The number of tetrazole rings is 1. The summed E-state index contributed by atoms with van der Waals surface area (Å²) in [4.78, 5) is 1.45. The fraction of sp³-hybridized carbons (Fsp3) is 0.143. The molecular weight excluding hydrogens is 238 g/mol. The van der Waals surface area contributed by atoms with E-state index in [0.29, 0.717) is 17.9 Å². The molecule has 0 amide bonds. The molecule has 1 aromatic carbocycles. The molecule has 1 heterocycles. The van der Waals surface area contributed by atoms with E-state index < -0.39 is 0 Å². The monoisotopic (exact) mass is 251 g/mol. The summed E-state index contributed by atoms with van der Waals surface area (Å²) in [7, 11) is 0. The van der Waals surface area contributed by atoms with E-state index in [-0.39, 0.29) is 0 Å². The van der Waals surface area contributed by atoms with Gasteiger partial charge < -0.3 is 0 Å². The molecule has 2 rings (SSSR count). The topological polar surface area (TPSA) is 67.4 Å². The van der Waals surface area contributed by atoms with E-state index in [4.69, 9.17) is 0 Å². The van der Waals surface area contributed by atoms with Crippen molar-refractivity contribution in [3.8, 4) is 6.07 Å². The second-order valence-electron chi connectivity index (χ2n) is 3.82. The van der Waals surface area contributed by atoms with E-state index in [1.807, 2.05) is 49.4 Å². The molecule has 0 aliphatic rings. The summed E-state index contributed by atoms with van der Waals surface area (Å²) in [6.07, 6.45) is 5.57. The largest absolute Gasteiger partial charge is 0.215 e. The lowest BCUT2D eigenvalue weighted by Crippen LogP contribution is -2.00. The molecule has 0 unspecified atom stereocenters.